The predicted octanol–water partition coefficient (Wildman–Crippen LogP) is 3.01. The van der Waals surface area contributed by atoms with Gasteiger partial charge >= 0.3 is 0 Å². The highest BCUT2D eigenvalue weighted by molar-refractivity contribution is 5.88. The molecule has 2 N–H and O–H groups in total. The Bertz CT molecular complexity index is 712. The minimum absolute atomic E-state index is 0.00455. The second-order valence-corrected chi connectivity index (χ2v) is 6.42. The van der Waals surface area contributed by atoms with Crippen molar-refractivity contribution in [3.63, 3.8) is 0 Å². The SMILES string of the molecule is COc1ccc(CCC(=O)N[C@H](C(=O)NC(C)C)c2ccccc2)cc1. The lowest BCUT2D eigenvalue weighted by molar-refractivity contribution is -0.129. The van der Waals surface area contributed by atoms with Gasteiger partial charge in [0.15, 0.2) is 0 Å². The van der Waals surface area contributed by atoms with Crippen LogP contribution in [-0.2, 0) is 16.0 Å². The summed E-state index contributed by atoms with van der Waals surface area (Å²) in [6, 6.07) is 16.2. The molecule has 0 fully saturated rings. The minimum atomic E-state index is -0.693. The number of carbonyl (C=O) groups excluding carboxylic acids is 2. The molecule has 0 unspecified atom stereocenters. The van der Waals surface area contributed by atoms with Crippen LogP contribution < -0.4 is 15.4 Å². The van der Waals surface area contributed by atoms with E-state index in [-0.39, 0.29) is 17.9 Å². The third kappa shape index (κ3) is 5.92. The summed E-state index contributed by atoms with van der Waals surface area (Å²) in [5.74, 6) is 0.422. The van der Waals surface area contributed by atoms with Gasteiger partial charge in [-0.1, -0.05) is 42.5 Å². The number of nitrogens with one attached hydrogen (secondary N) is 2. The average molecular weight is 354 g/mol. The lowest BCUT2D eigenvalue weighted by Gasteiger charge is -2.20. The number of ether oxygens (including phenoxy) is 1. The molecule has 0 radical (unpaired) electrons. The quantitative estimate of drug-likeness (QED) is 0.766. The van der Waals surface area contributed by atoms with Crippen LogP contribution in [0, 0.1) is 0 Å². The molecular weight excluding hydrogens is 328 g/mol. The Morgan fingerprint density at radius 1 is 0.962 bits per heavy atom. The van der Waals surface area contributed by atoms with E-state index in [4.69, 9.17) is 4.74 Å². The number of rotatable bonds is 8. The molecule has 0 aromatic heterocycles. The maximum absolute atomic E-state index is 12.5. The molecule has 0 bridgehead atoms. The smallest absolute Gasteiger partial charge is 0.247 e. The Hall–Kier alpha value is -2.82. The minimum Gasteiger partial charge on any atom is -0.497 e. The van der Waals surface area contributed by atoms with Gasteiger partial charge in [0, 0.05) is 12.5 Å². The summed E-state index contributed by atoms with van der Waals surface area (Å²) in [5, 5.41) is 5.72. The van der Waals surface area contributed by atoms with Gasteiger partial charge in [0.1, 0.15) is 11.8 Å². The molecule has 0 saturated carbocycles. The zero-order chi connectivity index (χ0) is 18.9. The number of benzene rings is 2. The van der Waals surface area contributed by atoms with Gasteiger partial charge in [-0.25, -0.2) is 0 Å². The first-order chi connectivity index (χ1) is 12.5. The number of aryl methyl sites for hydroxylation is 1. The normalized spacial score (nSPS) is 11.7. The molecule has 0 aliphatic heterocycles. The van der Waals surface area contributed by atoms with Crippen molar-refractivity contribution in [2.75, 3.05) is 7.11 Å². The Morgan fingerprint density at radius 2 is 1.62 bits per heavy atom. The zero-order valence-electron chi connectivity index (χ0n) is 15.5. The summed E-state index contributed by atoms with van der Waals surface area (Å²) in [5.41, 5.74) is 1.81. The summed E-state index contributed by atoms with van der Waals surface area (Å²) in [7, 11) is 1.62. The molecule has 2 aromatic carbocycles. The Morgan fingerprint density at radius 3 is 2.19 bits per heavy atom. The number of hydrogen-bond donors (Lipinski definition) is 2. The molecule has 1 atom stereocenters. The zero-order valence-corrected chi connectivity index (χ0v) is 15.5. The van der Waals surface area contributed by atoms with Gasteiger partial charge in [0.05, 0.1) is 7.11 Å². The van der Waals surface area contributed by atoms with Crippen molar-refractivity contribution in [1.29, 1.82) is 0 Å². The lowest BCUT2D eigenvalue weighted by Crippen LogP contribution is -2.42. The van der Waals surface area contributed by atoms with E-state index in [1.54, 1.807) is 7.11 Å². The van der Waals surface area contributed by atoms with Crippen LogP contribution in [0.4, 0.5) is 0 Å². The Balaban J connectivity index is 1.99. The van der Waals surface area contributed by atoms with E-state index in [2.05, 4.69) is 10.6 Å². The summed E-state index contributed by atoms with van der Waals surface area (Å²) in [4.78, 5) is 24.9. The fraction of sp³-hybridized carbons (Fsp3) is 0.333. The maximum atomic E-state index is 12.5. The number of amides is 2. The molecule has 2 aromatic rings. The molecular formula is C21H26N2O3. The summed E-state index contributed by atoms with van der Waals surface area (Å²) < 4.78 is 5.13. The fourth-order valence-corrected chi connectivity index (χ4v) is 2.60. The lowest BCUT2D eigenvalue weighted by atomic mass is 10.0. The first-order valence-corrected chi connectivity index (χ1v) is 8.77. The monoisotopic (exact) mass is 354 g/mol. The Labute approximate surface area is 154 Å². The highest BCUT2D eigenvalue weighted by atomic mass is 16.5. The van der Waals surface area contributed by atoms with Gasteiger partial charge in [-0.3, -0.25) is 9.59 Å². The van der Waals surface area contributed by atoms with Crippen LogP contribution in [0.25, 0.3) is 0 Å². The van der Waals surface area contributed by atoms with E-state index in [9.17, 15) is 9.59 Å². The van der Waals surface area contributed by atoms with Gasteiger partial charge in [-0.05, 0) is 43.5 Å². The highest BCUT2D eigenvalue weighted by Gasteiger charge is 2.22. The van der Waals surface area contributed by atoms with Crippen LogP contribution in [0.15, 0.2) is 54.6 Å². The van der Waals surface area contributed by atoms with Crippen LogP contribution in [0.3, 0.4) is 0 Å². The van der Waals surface area contributed by atoms with Crippen LogP contribution in [0.5, 0.6) is 5.75 Å². The summed E-state index contributed by atoms with van der Waals surface area (Å²) in [6.07, 6.45) is 0.910. The molecule has 0 aliphatic rings. The van der Waals surface area contributed by atoms with Crippen molar-refractivity contribution >= 4 is 11.8 Å². The number of hydrogen-bond acceptors (Lipinski definition) is 3. The van der Waals surface area contributed by atoms with E-state index in [0.29, 0.717) is 12.8 Å². The van der Waals surface area contributed by atoms with Crippen LogP contribution in [0.1, 0.15) is 37.4 Å². The summed E-state index contributed by atoms with van der Waals surface area (Å²) in [6.45, 7) is 3.79. The second kappa shape index (κ2) is 9.61. The highest BCUT2D eigenvalue weighted by Crippen LogP contribution is 2.15. The third-order valence-electron chi connectivity index (χ3n) is 3.93. The average Bonchev–Trinajstić information content (AvgIpc) is 2.65. The van der Waals surface area contributed by atoms with E-state index >= 15 is 0 Å². The fourth-order valence-electron chi connectivity index (χ4n) is 2.60. The molecule has 0 spiro atoms. The van der Waals surface area contributed by atoms with E-state index in [1.165, 1.54) is 0 Å². The molecule has 0 heterocycles. The first kappa shape index (κ1) is 19.5. The predicted molar refractivity (Wildman–Crippen MR) is 102 cm³/mol. The van der Waals surface area contributed by atoms with E-state index in [1.807, 2.05) is 68.4 Å². The number of carbonyl (C=O) groups is 2. The molecule has 5 heteroatoms. The molecule has 2 amide bonds. The van der Waals surface area contributed by atoms with Gasteiger partial charge in [0.25, 0.3) is 0 Å². The Kier molecular flexibility index (Phi) is 7.21. The molecule has 138 valence electrons. The van der Waals surface area contributed by atoms with Crippen molar-refractivity contribution < 1.29 is 14.3 Å². The van der Waals surface area contributed by atoms with Crippen LogP contribution in [-0.4, -0.2) is 25.0 Å². The van der Waals surface area contributed by atoms with Crippen molar-refractivity contribution in [2.24, 2.45) is 0 Å². The molecule has 0 saturated heterocycles. The molecule has 0 aliphatic carbocycles. The van der Waals surface area contributed by atoms with Gasteiger partial charge in [-0.2, -0.15) is 0 Å². The van der Waals surface area contributed by atoms with Crippen molar-refractivity contribution in [1.82, 2.24) is 10.6 Å². The van der Waals surface area contributed by atoms with Crippen LogP contribution in [0.2, 0.25) is 0 Å². The van der Waals surface area contributed by atoms with Crippen molar-refractivity contribution in [2.45, 2.75) is 38.8 Å². The third-order valence-corrected chi connectivity index (χ3v) is 3.93. The van der Waals surface area contributed by atoms with Gasteiger partial charge < -0.3 is 15.4 Å². The van der Waals surface area contributed by atoms with Crippen molar-refractivity contribution in [3.05, 3.63) is 65.7 Å². The molecule has 5 nitrogen and oxygen atoms in total. The van der Waals surface area contributed by atoms with Gasteiger partial charge in [-0.15, -0.1) is 0 Å². The molecule has 2 rings (SSSR count). The molecule has 26 heavy (non-hydrogen) atoms. The van der Waals surface area contributed by atoms with Crippen LogP contribution >= 0.6 is 0 Å². The number of methoxy groups -OCH3 is 1. The van der Waals surface area contributed by atoms with E-state index in [0.717, 1.165) is 16.9 Å². The van der Waals surface area contributed by atoms with Gasteiger partial charge in [0.2, 0.25) is 11.8 Å². The second-order valence-electron chi connectivity index (χ2n) is 6.42. The topological polar surface area (TPSA) is 67.4 Å². The standard InChI is InChI=1S/C21H26N2O3/c1-15(2)22-21(25)20(17-7-5-4-6-8-17)23-19(24)14-11-16-9-12-18(26-3)13-10-16/h4-10,12-13,15,20H,11,14H2,1-3H3,(H,22,25)(H,23,24)/t20-/m0/s1. The first-order valence-electron chi connectivity index (χ1n) is 8.77. The maximum Gasteiger partial charge on any atom is 0.247 e. The largest absolute Gasteiger partial charge is 0.497 e. The van der Waals surface area contributed by atoms with E-state index < -0.39 is 6.04 Å². The summed E-state index contributed by atoms with van der Waals surface area (Å²) >= 11 is 0. The van der Waals surface area contributed by atoms with Crippen molar-refractivity contribution in [3.8, 4) is 5.75 Å².